The number of fused-ring (bicyclic) bond motifs is 2. The number of nitrogens with zero attached hydrogens (tertiary/aromatic N) is 2. The molecule has 0 radical (unpaired) electrons. The summed E-state index contributed by atoms with van der Waals surface area (Å²) in [6.45, 7) is 6.62. The average Bonchev–Trinajstić information content (AvgIpc) is 3.38. The van der Waals surface area contributed by atoms with E-state index in [-0.39, 0.29) is 13.2 Å². The Morgan fingerprint density at radius 1 is 0.614 bits per heavy atom. The number of carbonyl (C=O) groups is 6. The molecule has 2 unspecified atom stereocenters. The number of β-lactam (4-membered cyclic amide) rings is 2. The van der Waals surface area contributed by atoms with Crippen LogP contribution in [-0.2, 0) is 71.0 Å². The first-order valence-electron chi connectivity index (χ1n) is 18.0. The van der Waals surface area contributed by atoms with Crippen molar-refractivity contribution in [2.24, 2.45) is 11.8 Å². The molecule has 4 aliphatic rings. The Balaban J connectivity index is 1.05. The molecule has 4 heterocycles. The van der Waals surface area contributed by atoms with Crippen molar-refractivity contribution in [3.05, 3.63) is 71.8 Å². The van der Waals surface area contributed by atoms with Gasteiger partial charge in [-0.1, -0.05) is 60.7 Å². The lowest BCUT2D eigenvalue weighted by Crippen LogP contribution is -2.68. The zero-order valence-corrected chi connectivity index (χ0v) is 33.6. The number of carbonyl (C=O) groups excluding carboxylic acids is 6. The van der Waals surface area contributed by atoms with E-state index in [1.165, 1.54) is 41.5 Å². The van der Waals surface area contributed by atoms with Gasteiger partial charge in [-0.25, -0.2) is 36.0 Å². The number of ether oxygens (including phenoxy) is 4. The lowest BCUT2D eigenvalue weighted by atomic mass is 9.87. The molecular weight excluding hydrogens is 789 g/mol. The molecule has 2 aromatic rings. The first-order chi connectivity index (χ1) is 26.7. The summed E-state index contributed by atoms with van der Waals surface area (Å²) in [7, 11) is -8.50. The van der Waals surface area contributed by atoms with Gasteiger partial charge in [0.1, 0.15) is 36.0 Å². The largest absolute Gasteiger partial charge is 0.445 e. The van der Waals surface area contributed by atoms with E-state index in [0.29, 0.717) is 11.1 Å². The van der Waals surface area contributed by atoms with Crippen LogP contribution in [0.3, 0.4) is 0 Å². The second kappa shape index (κ2) is 14.9. The summed E-state index contributed by atoms with van der Waals surface area (Å²) in [5.41, 5.74) is 1.42. The van der Waals surface area contributed by atoms with Crippen LogP contribution in [0.25, 0.3) is 0 Å². The molecule has 18 nitrogen and oxygen atoms in total. The molecule has 4 fully saturated rings. The van der Waals surface area contributed by atoms with Gasteiger partial charge < -0.3 is 39.4 Å². The van der Waals surface area contributed by atoms with Gasteiger partial charge in [-0.05, 0) is 52.7 Å². The van der Waals surface area contributed by atoms with Crippen LogP contribution < -0.4 is 10.6 Å². The molecule has 20 heteroatoms. The second-order valence-electron chi connectivity index (χ2n) is 15.5. The molecule has 2 aromatic carbocycles. The molecule has 4 saturated heterocycles. The van der Waals surface area contributed by atoms with E-state index in [4.69, 9.17) is 18.9 Å². The molecular formula is C37H44N4O14S2. The summed E-state index contributed by atoms with van der Waals surface area (Å²) in [6, 6.07) is 12.3. The minimum atomic E-state index is -4.25. The van der Waals surface area contributed by atoms with Crippen LogP contribution in [0, 0.1) is 11.8 Å². The molecule has 4 aliphatic heterocycles. The number of hydrogen-bond acceptors (Lipinski definition) is 14. The van der Waals surface area contributed by atoms with Gasteiger partial charge in [-0.3, -0.25) is 9.59 Å². The normalized spacial score (nSPS) is 28.0. The number of rotatable bonds is 12. The van der Waals surface area contributed by atoms with Crippen LogP contribution in [0.4, 0.5) is 9.59 Å². The standard InChI is InChI=1S/C37H44N4O14S2/c1-20(38-34(46)52-17-22-13-9-7-10-14-22)24-28(42)40-26(36(3,4)56(48,49)30(24)40)32(44)54-19-55-33(45)27-37(5,6)57(50,51)31-25(29(43)41(27)31)21(2)39-35(47)53-18-23-15-11-8-12-16-23/h7-16,20-21,24-27,30-31H,17-19H2,1-6H3,(H,38,46)(H,39,47)/t20?,21?,24-,25-,26-,27-,30+,31+/m0/s1. The van der Waals surface area contributed by atoms with E-state index in [1.54, 1.807) is 60.7 Å². The molecule has 6 rings (SSSR count). The molecule has 0 bridgehead atoms. The van der Waals surface area contributed by atoms with Crippen LogP contribution in [0.15, 0.2) is 60.7 Å². The smallest absolute Gasteiger partial charge is 0.407 e. The first kappa shape index (κ1) is 41.4. The van der Waals surface area contributed by atoms with Gasteiger partial charge in [0.15, 0.2) is 19.7 Å². The van der Waals surface area contributed by atoms with Gasteiger partial charge in [0.25, 0.3) is 0 Å². The number of nitrogens with one attached hydrogen (secondary N) is 2. The molecule has 4 amide bonds. The topological polar surface area (TPSA) is 238 Å². The number of esters is 2. The number of benzene rings is 2. The van der Waals surface area contributed by atoms with Gasteiger partial charge in [-0.2, -0.15) is 0 Å². The Morgan fingerprint density at radius 3 is 1.28 bits per heavy atom. The fraction of sp³-hybridized carbons (Fsp3) is 0.514. The van der Waals surface area contributed by atoms with E-state index in [2.05, 4.69) is 10.6 Å². The Bertz CT molecular complexity index is 2030. The SMILES string of the molecule is CC(NC(=O)OCc1ccccc1)[C@H]1C(=O)N2[C@@H](C(=O)OCOC(=O)[C@@H]3N4C(=O)[C@H](C(C)NC(=O)OCc5ccccc5)[C@H]4S(=O)(=O)C3(C)C)C(C)(C)S(=O)(=O)[C@H]12. The third-order valence-electron chi connectivity index (χ3n) is 11.3. The lowest BCUT2D eigenvalue weighted by molar-refractivity contribution is -0.184. The maximum atomic E-state index is 13.7. The molecule has 0 aromatic heterocycles. The molecule has 57 heavy (non-hydrogen) atoms. The highest BCUT2D eigenvalue weighted by atomic mass is 32.2. The van der Waals surface area contributed by atoms with Crippen LogP contribution in [0.5, 0.6) is 0 Å². The Morgan fingerprint density at radius 2 is 0.947 bits per heavy atom. The molecule has 8 atom stereocenters. The van der Waals surface area contributed by atoms with E-state index < -0.39 is 119 Å². The van der Waals surface area contributed by atoms with Gasteiger partial charge >= 0.3 is 24.1 Å². The zero-order chi connectivity index (χ0) is 41.8. The van der Waals surface area contributed by atoms with Crippen molar-refractivity contribution >= 4 is 55.6 Å². The number of alkyl carbamates (subject to hydrolysis) is 2. The fourth-order valence-corrected chi connectivity index (χ4v) is 12.8. The fourth-order valence-electron chi connectivity index (χ4n) is 7.96. The molecule has 0 saturated carbocycles. The lowest BCUT2D eigenvalue weighted by Gasteiger charge is -2.45. The number of amides is 4. The van der Waals surface area contributed by atoms with E-state index >= 15 is 0 Å². The molecule has 2 N–H and O–H groups in total. The average molecular weight is 833 g/mol. The van der Waals surface area contributed by atoms with Gasteiger partial charge in [0.2, 0.25) is 18.6 Å². The van der Waals surface area contributed by atoms with E-state index in [0.717, 1.165) is 9.80 Å². The summed E-state index contributed by atoms with van der Waals surface area (Å²) >= 11 is 0. The van der Waals surface area contributed by atoms with Crippen molar-refractivity contribution in [1.29, 1.82) is 0 Å². The second-order valence-corrected chi connectivity index (χ2v) is 20.7. The summed E-state index contributed by atoms with van der Waals surface area (Å²) in [5.74, 6) is -6.42. The van der Waals surface area contributed by atoms with Gasteiger partial charge in [-0.15, -0.1) is 0 Å². The van der Waals surface area contributed by atoms with Crippen LogP contribution in [0.2, 0.25) is 0 Å². The minimum absolute atomic E-state index is 0.0640. The van der Waals surface area contributed by atoms with Crippen LogP contribution in [0.1, 0.15) is 52.7 Å². The Labute approximate surface area is 329 Å². The van der Waals surface area contributed by atoms with Crippen molar-refractivity contribution in [3.63, 3.8) is 0 Å². The highest BCUT2D eigenvalue weighted by Crippen LogP contribution is 2.51. The van der Waals surface area contributed by atoms with Crippen LogP contribution >= 0.6 is 0 Å². The number of sulfone groups is 2. The predicted octanol–water partition coefficient (Wildman–Crippen LogP) is 1.38. The highest BCUT2D eigenvalue weighted by molar-refractivity contribution is 7.94. The van der Waals surface area contributed by atoms with Crippen molar-refractivity contribution < 1.29 is 64.6 Å². The quantitative estimate of drug-likeness (QED) is 0.133. The van der Waals surface area contributed by atoms with Gasteiger partial charge in [0, 0.05) is 12.1 Å². The van der Waals surface area contributed by atoms with Crippen molar-refractivity contribution in [2.45, 2.75) is 99.2 Å². The first-order valence-corrected chi connectivity index (χ1v) is 21.1. The monoisotopic (exact) mass is 832 g/mol. The van der Waals surface area contributed by atoms with E-state index in [9.17, 15) is 45.6 Å². The third kappa shape index (κ3) is 6.85. The number of hydrogen-bond donors (Lipinski definition) is 2. The summed E-state index contributed by atoms with van der Waals surface area (Å²) in [6.07, 6.45) is -1.76. The minimum Gasteiger partial charge on any atom is -0.445 e. The maximum absolute atomic E-state index is 13.7. The summed E-state index contributed by atoms with van der Waals surface area (Å²) in [5, 5.41) is 2.01. The predicted molar refractivity (Wildman–Crippen MR) is 197 cm³/mol. The third-order valence-corrected chi connectivity index (χ3v) is 17.0. The van der Waals surface area contributed by atoms with Crippen molar-refractivity contribution in [2.75, 3.05) is 6.79 Å². The Hall–Kier alpha value is -5.24. The molecule has 0 aliphatic carbocycles. The maximum Gasteiger partial charge on any atom is 0.407 e. The van der Waals surface area contributed by atoms with Crippen molar-refractivity contribution in [1.82, 2.24) is 20.4 Å². The highest BCUT2D eigenvalue weighted by Gasteiger charge is 2.74. The van der Waals surface area contributed by atoms with Crippen LogP contribution in [-0.4, -0.2) is 114 Å². The molecule has 0 spiro atoms. The summed E-state index contributed by atoms with van der Waals surface area (Å²) in [4.78, 5) is 80.4. The Kier molecular flexibility index (Phi) is 10.8. The molecule has 308 valence electrons. The zero-order valence-electron chi connectivity index (χ0n) is 31.9. The van der Waals surface area contributed by atoms with Crippen molar-refractivity contribution in [3.8, 4) is 0 Å². The van der Waals surface area contributed by atoms with E-state index in [1.807, 2.05) is 0 Å². The summed E-state index contributed by atoms with van der Waals surface area (Å²) < 4.78 is 71.8. The van der Waals surface area contributed by atoms with Gasteiger partial charge in [0.05, 0.1) is 21.3 Å².